The molecule has 4 N–H and O–H groups in total. The van der Waals surface area contributed by atoms with Gasteiger partial charge >= 0.3 is 0 Å². The van der Waals surface area contributed by atoms with Crippen molar-refractivity contribution < 1.29 is 9.53 Å². The molecule has 0 heterocycles. The van der Waals surface area contributed by atoms with E-state index < -0.39 is 0 Å². The van der Waals surface area contributed by atoms with Gasteiger partial charge in [0.05, 0.1) is 13.2 Å². The van der Waals surface area contributed by atoms with Crippen LogP contribution in [0.25, 0.3) is 0 Å². The van der Waals surface area contributed by atoms with Gasteiger partial charge in [-0.1, -0.05) is 13.8 Å². The SMILES string of the molecule is COCC(CCCN)NCC(=O)NCC(C)C. The number of ether oxygens (including phenoxy) is 1. The van der Waals surface area contributed by atoms with Crippen LogP contribution in [-0.4, -0.2) is 45.3 Å². The molecule has 1 amide bonds. The molecule has 1 unspecified atom stereocenters. The molecular weight excluding hydrogens is 218 g/mol. The Labute approximate surface area is 104 Å². The standard InChI is InChI=1S/C12H27N3O2/c1-10(2)7-15-12(16)8-14-11(9-17-3)5-4-6-13/h10-11,14H,4-9,13H2,1-3H3,(H,15,16). The summed E-state index contributed by atoms with van der Waals surface area (Å²) in [6.07, 6.45) is 1.87. The van der Waals surface area contributed by atoms with Crippen LogP contribution in [0.2, 0.25) is 0 Å². The van der Waals surface area contributed by atoms with E-state index in [2.05, 4.69) is 24.5 Å². The van der Waals surface area contributed by atoms with Crippen molar-refractivity contribution in [1.29, 1.82) is 0 Å². The van der Waals surface area contributed by atoms with Gasteiger partial charge in [-0.05, 0) is 25.3 Å². The molecule has 102 valence electrons. The third-order valence-electron chi connectivity index (χ3n) is 2.38. The lowest BCUT2D eigenvalue weighted by molar-refractivity contribution is -0.120. The second kappa shape index (κ2) is 10.5. The molecule has 0 aromatic rings. The predicted molar refractivity (Wildman–Crippen MR) is 69.8 cm³/mol. The second-order valence-electron chi connectivity index (χ2n) is 4.66. The van der Waals surface area contributed by atoms with Gasteiger partial charge in [0.2, 0.25) is 5.91 Å². The summed E-state index contributed by atoms with van der Waals surface area (Å²) in [5.41, 5.74) is 5.46. The summed E-state index contributed by atoms with van der Waals surface area (Å²) in [4.78, 5) is 11.5. The van der Waals surface area contributed by atoms with Crippen LogP contribution >= 0.6 is 0 Å². The maximum atomic E-state index is 11.5. The molecule has 0 aliphatic rings. The Morgan fingerprint density at radius 2 is 2.12 bits per heavy atom. The Morgan fingerprint density at radius 3 is 2.65 bits per heavy atom. The number of hydrogen-bond acceptors (Lipinski definition) is 4. The summed E-state index contributed by atoms with van der Waals surface area (Å²) in [6.45, 7) is 6.48. The highest BCUT2D eigenvalue weighted by Crippen LogP contribution is 1.96. The average Bonchev–Trinajstić information content (AvgIpc) is 2.30. The topological polar surface area (TPSA) is 76.4 Å². The van der Waals surface area contributed by atoms with Gasteiger partial charge in [-0.3, -0.25) is 4.79 Å². The maximum absolute atomic E-state index is 11.5. The summed E-state index contributed by atoms with van der Waals surface area (Å²) in [7, 11) is 1.66. The highest BCUT2D eigenvalue weighted by Gasteiger charge is 2.09. The summed E-state index contributed by atoms with van der Waals surface area (Å²) >= 11 is 0. The van der Waals surface area contributed by atoms with Gasteiger partial charge in [0.25, 0.3) is 0 Å². The fraction of sp³-hybridized carbons (Fsp3) is 0.917. The Morgan fingerprint density at radius 1 is 1.41 bits per heavy atom. The van der Waals surface area contributed by atoms with Crippen molar-refractivity contribution in [2.75, 3.05) is 33.4 Å². The van der Waals surface area contributed by atoms with Crippen molar-refractivity contribution in [2.24, 2.45) is 11.7 Å². The normalized spacial score (nSPS) is 12.8. The molecule has 0 radical (unpaired) electrons. The quantitative estimate of drug-likeness (QED) is 0.510. The molecule has 0 fully saturated rings. The van der Waals surface area contributed by atoms with Crippen LogP contribution in [0.4, 0.5) is 0 Å². The van der Waals surface area contributed by atoms with E-state index in [4.69, 9.17) is 10.5 Å². The molecule has 0 spiro atoms. The molecule has 0 aromatic heterocycles. The molecule has 17 heavy (non-hydrogen) atoms. The van der Waals surface area contributed by atoms with E-state index in [1.54, 1.807) is 7.11 Å². The van der Waals surface area contributed by atoms with Crippen molar-refractivity contribution in [3.05, 3.63) is 0 Å². The minimum absolute atomic E-state index is 0.0348. The minimum Gasteiger partial charge on any atom is -0.383 e. The van der Waals surface area contributed by atoms with E-state index in [-0.39, 0.29) is 11.9 Å². The Hall–Kier alpha value is -0.650. The van der Waals surface area contributed by atoms with E-state index in [1.807, 2.05) is 0 Å². The van der Waals surface area contributed by atoms with Crippen LogP contribution in [0.5, 0.6) is 0 Å². The number of methoxy groups -OCH3 is 1. The number of nitrogens with two attached hydrogens (primary N) is 1. The average molecular weight is 245 g/mol. The number of hydrogen-bond donors (Lipinski definition) is 3. The van der Waals surface area contributed by atoms with Crippen LogP contribution in [0.1, 0.15) is 26.7 Å². The van der Waals surface area contributed by atoms with Crippen molar-refractivity contribution in [1.82, 2.24) is 10.6 Å². The van der Waals surface area contributed by atoms with Crippen LogP contribution in [0.15, 0.2) is 0 Å². The third-order valence-corrected chi connectivity index (χ3v) is 2.38. The van der Waals surface area contributed by atoms with Crippen LogP contribution < -0.4 is 16.4 Å². The zero-order chi connectivity index (χ0) is 13.1. The first-order chi connectivity index (χ1) is 8.10. The van der Waals surface area contributed by atoms with E-state index in [9.17, 15) is 4.79 Å². The van der Waals surface area contributed by atoms with E-state index in [1.165, 1.54) is 0 Å². The fourth-order valence-corrected chi connectivity index (χ4v) is 1.43. The molecule has 0 aliphatic heterocycles. The number of carbonyl (C=O) groups excluding carboxylic acids is 1. The number of amides is 1. The highest BCUT2D eigenvalue weighted by molar-refractivity contribution is 5.77. The molecule has 5 nitrogen and oxygen atoms in total. The monoisotopic (exact) mass is 245 g/mol. The first kappa shape index (κ1) is 16.4. The lowest BCUT2D eigenvalue weighted by Crippen LogP contribution is -2.42. The van der Waals surface area contributed by atoms with E-state index >= 15 is 0 Å². The van der Waals surface area contributed by atoms with Crippen LogP contribution in [0, 0.1) is 5.92 Å². The zero-order valence-electron chi connectivity index (χ0n) is 11.3. The van der Waals surface area contributed by atoms with Gasteiger partial charge < -0.3 is 21.1 Å². The van der Waals surface area contributed by atoms with Crippen LogP contribution in [-0.2, 0) is 9.53 Å². The fourth-order valence-electron chi connectivity index (χ4n) is 1.43. The van der Waals surface area contributed by atoms with Gasteiger partial charge in [0.15, 0.2) is 0 Å². The molecule has 0 saturated heterocycles. The summed E-state index contributed by atoms with van der Waals surface area (Å²) < 4.78 is 5.10. The lowest BCUT2D eigenvalue weighted by Gasteiger charge is -2.17. The first-order valence-electron chi connectivity index (χ1n) is 6.29. The van der Waals surface area contributed by atoms with Crippen molar-refractivity contribution in [2.45, 2.75) is 32.7 Å². The number of nitrogens with one attached hydrogen (secondary N) is 2. The largest absolute Gasteiger partial charge is 0.383 e. The molecule has 0 bridgehead atoms. The Bertz CT molecular complexity index is 198. The van der Waals surface area contributed by atoms with E-state index in [0.29, 0.717) is 25.6 Å². The zero-order valence-corrected chi connectivity index (χ0v) is 11.3. The molecule has 0 saturated carbocycles. The predicted octanol–water partition coefficient (Wildman–Crippen LogP) is 0.102. The van der Waals surface area contributed by atoms with Gasteiger partial charge in [-0.2, -0.15) is 0 Å². The summed E-state index contributed by atoms with van der Waals surface area (Å²) in [5.74, 6) is 0.513. The molecular formula is C12H27N3O2. The van der Waals surface area contributed by atoms with Crippen molar-refractivity contribution in [3.8, 4) is 0 Å². The number of carbonyl (C=O) groups is 1. The van der Waals surface area contributed by atoms with Crippen molar-refractivity contribution in [3.63, 3.8) is 0 Å². The summed E-state index contributed by atoms with van der Waals surface area (Å²) in [5, 5.41) is 6.06. The lowest BCUT2D eigenvalue weighted by atomic mass is 10.1. The smallest absolute Gasteiger partial charge is 0.233 e. The number of rotatable bonds is 10. The molecule has 0 aliphatic carbocycles. The molecule has 0 rings (SSSR count). The Kier molecular flexibility index (Phi) is 10.1. The van der Waals surface area contributed by atoms with E-state index in [0.717, 1.165) is 19.4 Å². The first-order valence-corrected chi connectivity index (χ1v) is 6.29. The van der Waals surface area contributed by atoms with Gasteiger partial charge in [-0.25, -0.2) is 0 Å². The highest BCUT2D eigenvalue weighted by atomic mass is 16.5. The maximum Gasteiger partial charge on any atom is 0.233 e. The summed E-state index contributed by atoms with van der Waals surface area (Å²) in [6, 6.07) is 0.202. The molecule has 1 atom stereocenters. The van der Waals surface area contributed by atoms with Gasteiger partial charge in [0, 0.05) is 19.7 Å². The third kappa shape index (κ3) is 10.2. The van der Waals surface area contributed by atoms with Crippen LogP contribution in [0.3, 0.4) is 0 Å². The second-order valence-corrected chi connectivity index (χ2v) is 4.66. The van der Waals surface area contributed by atoms with Crippen molar-refractivity contribution >= 4 is 5.91 Å². The van der Waals surface area contributed by atoms with Gasteiger partial charge in [0.1, 0.15) is 0 Å². The molecule has 5 heteroatoms. The Balaban J connectivity index is 3.74. The molecule has 0 aromatic carbocycles. The van der Waals surface area contributed by atoms with Gasteiger partial charge in [-0.15, -0.1) is 0 Å². The minimum atomic E-state index is 0.0348.